The van der Waals surface area contributed by atoms with Crippen LogP contribution in [0.3, 0.4) is 0 Å². The highest BCUT2D eigenvalue weighted by Gasteiger charge is 2.09. The zero-order valence-electron chi connectivity index (χ0n) is 8.87. The van der Waals surface area contributed by atoms with Gasteiger partial charge in [0.25, 0.3) is 10.1 Å². The van der Waals surface area contributed by atoms with E-state index in [0.717, 1.165) is 10.6 Å². The van der Waals surface area contributed by atoms with Gasteiger partial charge in [0.15, 0.2) is 0 Å². The zero-order chi connectivity index (χ0) is 12.3. The van der Waals surface area contributed by atoms with Gasteiger partial charge in [0.05, 0.1) is 4.90 Å². The maximum absolute atomic E-state index is 11.0. The van der Waals surface area contributed by atoms with Gasteiger partial charge in [0.2, 0.25) is 0 Å². The number of rotatable bonds is 3. The van der Waals surface area contributed by atoms with Crippen LogP contribution in [0.1, 0.15) is 0 Å². The van der Waals surface area contributed by atoms with Crippen molar-refractivity contribution in [2.24, 2.45) is 0 Å². The number of benzene rings is 2. The fourth-order valence-corrected chi connectivity index (χ4v) is 3.15. The molecule has 0 fully saturated rings. The van der Waals surface area contributed by atoms with Crippen molar-refractivity contribution >= 4 is 29.3 Å². The van der Waals surface area contributed by atoms with E-state index in [2.05, 4.69) is 0 Å². The Morgan fingerprint density at radius 3 is 2.18 bits per heavy atom. The predicted octanol–water partition coefficient (Wildman–Crippen LogP) is 1.56. The maximum atomic E-state index is 11.0. The molecule has 2 aromatic carbocycles. The van der Waals surface area contributed by atoms with Crippen molar-refractivity contribution in [3.05, 3.63) is 54.6 Å². The first-order valence-electron chi connectivity index (χ1n) is 4.95. The normalized spacial score (nSPS) is 12.1. The zero-order valence-corrected chi connectivity index (χ0v) is 10.7. The number of hydrogen-bond acceptors (Lipinski definition) is 2. The van der Waals surface area contributed by atoms with E-state index in [4.69, 9.17) is 4.55 Å². The van der Waals surface area contributed by atoms with E-state index < -0.39 is 10.1 Å². The van der Waals surface area contributed by atoms with Crippen LogP contribution in [0.15, 0.2) is 59.5 Å². The predicted molar refractivity (Wildman–Crippen MR) is 70.3 cm³/mol. The summed E-state index contributed by atoms with van der Waals surface area (Å²) in [4.78, 5) is -0.0570. The molecule has 1 unspecified atom stereocenters. The van der Waals surface area contributed by atoms with Gasteiger partial charge in [0.1, 0.15) is 0 Å². The standard InChI is InChI=1S/C12H11O3PS/c13-17(14,15)12-8-4-7-11(9-12)16-10-5-2-1-3-6-10/h1-9,16H,(H,13,14,15). The molecule has 17 heavy (non-hydrogen) atoms. The topological polar surface area (TPSA) is 54.4 Å². The summed E-state index contributed by atoms with van der Waals surface area (Å²) in [6.07, 6.45) is 0. The van der Waals surface area contributed by atoms with Crippen LogP contribution in [0.4, 0.5) is 0 Å². The second-order valence-corrected chi connectivity index (χ2v) is 6.32. The second-order valence-electron chi connectivity index (χ2n) is 3.49. The Morgan fingerprint density at radius 1 is 0.882 bits per heavy atom. The Hall–Kier alpha value is -1.22. The molecule has 0 amide bonds. The minimum atomic E-state index is -4.11. The van der Waals surface area contributed by atoms with Crippen molar-refractivity contribution in [2.75, 3.05) is 0 Å². The fourth-order valence-electron chi connectivity index (χ4n) is 1.42. The minimum absolute atomic E-state index is 0.0570. The Labute approximate surface area is 102 Å². The molecule has 0 heterocycles. The maximum Gasteiger partial charge on any atom is 0.294 e. The average Bonchev–Trinajstić information content (AvgIpc) is 2.29. The van der Waals surface area contributed by atoms with Gasteiger partial charge in [0, 0.05) is 0 Å². The van der Waals surface area contributed by atoms with Crippen LogP contribution in [0.25, 0.3) is 0 Å². The third-order valence-electron chi connectivity index (χ3n) is 2.19. The third-order valence-corrected chi connectivity index (χ3v) is 4.27. The molecule has 0 aliphatic rings. The fraction of sp³-hybridized carbons (Fsp3) is 0. The van der Waals surface area contributed by atoms with Crippen LogP contribution in [0.2, 0.25) is 0 Å². The molecule has 5 heteroatoms. The van der Waals surface area contributed by atoms with Crippen molar-refractivity contribution < 1.29 is 13.0 Å². The molecule has 0 spiro atoms. The van der Waals surface area contributed by atoms with Crippen LogP contribution < -0.4 is 10.6 Å². The Balaban J connectivity index is 2.29. The van der Waals surface area contributed by atoms with Gasteiger partial charge in [-0.2, -0.15) is 8.42 Å². The van der Waals surface area contributed by atoms with Crippen LogP contribution in [-0.4, -0.2) is 13.0 Å². The van der Waals surface area contributed by atoms with Crippen LogP contribution in [0, 0.1) is 0 Å². The van der Waals surface area contributed by atoms with Crippen LogP contribution in [-0.2, 0) is 10.1 Å². The van der Waals surface area contributed by atoms with Gasteiger partial charge in [-0.3, -0.25) is 4.55 Å². The van der Waals surface area contributed by atoms with Gasteiger partial charge in [-0.05, 0) is 22.7 Å². The molecule has 1 atom stereocenters. The summed E-state index contributed by atoms with van der Waals surface area (Å²) in [6, 6.07) is 16.1. The molecule has 3 nitrogen and oxygen atoms in total. The summed E-state index contributed by atoms with van der Waals surface area (Å²) in [5.74, 6) is 0. The molecule has 0 saturated heterocycles. The van der Waals surface area contributed by atoms with Gasteiger partial charge < -0.3 is 0 Å². The summed E-state index contributed by atoms with van der Waals surface area (Å²) in [5, 5.41) is 2.01. The lowest BCUT2D eigenvalue weighted by Gasteiger charge is -2.03. The lowest BCUT2D eigenvalue weighted by atomic mass is 10.4. The van der Waals surface area contributed by atoms with E-state index in [9.17, 15) is 8.42 Å². The number of hydrogen-bond donors (Lipinski definition) is 1. The van der Waals surface area contributed by atoms with Crippen molar-refractivity contribution in [3.63, 3.8) is 0 Å². The quantitative estimate of drug-likeness (QED) is 0.677. The highest BCUT2D eigenvalue weighted by molar-refractivity contribution is 7.85. The van der Waals surface area contributed by atoms with E-state index in [1.54, 1.807) is 6.07 Å². The summed E-state index contributed by atoms with van der Waals surface area (Å²) >= 11 is 0. The van der Waals surface area contributed by atoms with E-state index in [1.807, 2.05) is 36.4 Å². The molecule has 0 bridgehead atoms. The third kappa shape index (κ3) is 3.37. The van der Waals surface area contributed by atoms with Crippen LogP contribution >= 0.6 is 8.58 Å². The first-order chi connectivity index (χ1) is 8.05. The highest BCUT2D eigenvalue weighted by Crippen LogP contribution is 2.13. The van der Waals surface area contributed by atoms with Gasteiger partial charge >= 0.3 is 0 Å². The summed E-state index contributed by atoms with van der Waals surface area (Å²) in [6.45, 7) is 0. The summed E-state index contributed by atoms with van der Waals surface area (Å²) in [7, 11) is -3.74. The Morgan fingerprint density at radius 2 is 1.53 bits per heavy atom. The van der Waals surface area contributed by atoms with Crippen molar-refractivity contribution in [1.29, 1.82) is 0 Å². The lowest BCUT2D eigenvalue weighted by Crippen LogP contribution is -2.06. The Bertz CT molecular complexity index is 609. The molecule has 0 aromatic heterocycles. The molecule has 88 valence electrons. The molecule has 2 rings (SSSR count). The molecular weight excluding hydrogens is 255 g/mol. The van der Waals surface area contributed by atoms with E-state index in [-0.39, 0.29) is 4.90 Å². The molecule has 2 aromatic rings. The van der Waals surface area contributed by atoms with Gasteiger partial charge in [-0.25, -0.2) is 0 Å². The molecule has 0 radical (unpaired) electrons. The van der Waals surface area contributed by atoms with E-state index >= 15 is 0 Å². The van der Waals surface area contributed by atoms with Crippen LogP contribution in [0.5, 0.6) is 0 Å². The molecule has 0 aliphatic heterocycles. The molecular formula is C12H11O3PS. The first-order valence-corrected chi connectivity index (χ1v) is 7.39. The highest BCUT2D eigenvalue weighted by atomic mass is 32.2. The van der Waals surface area contributed by atoms with Crippen molar-refractivity contribution in [2.45, 2.75) is 4.90 Å². The average molecular weight is 266 g/mol. The SMILES string of the molecule is O=S(=O)(O)c1cccc(Pc2ccccc2)c1. The van der Waals surface area contributed by atoms with Gasteiger partial charge in [-0.15, -0.1) is 0 Å². The summed E-state index contributed by atoms with van der Waals surface area (Å²) < 4.78 is 30.9. The smallest absolute Gasteiger partial charge is 0.282 e. The minimum Gasteiger partial charge on any atom is -0.282 e. The van der Waals surface area contributed by atoms with Crippen molar-refractivity contribution in [1.82, 2.24) is 0 Å². The second kappa shape index (κ2) is 4.96. The largest absolute Gasteiger partial charge is 0.294 e. The summed E-state index contributed by atoms with van der Waals surface area (Å²) in [5.41, 5.74) is 0. The first kappa shape index (κ1) is 12.2. The van der Waals surface area contributed by atoms with E-state index in [0.29, 0.717) is 8.58 Å². The Kier molecular flexibility index (Phi) is 3.57. The van der Waals surface area contributed by atoms with Crippen molar-refractivity contribution in [3.8, 4) is 0 Å². The lowest BCUT2D eigenvalue weighted by molar-refractivity contribution is 0.483. The van der Waals surface area contributed by atoms with Gasteiger partial charge in [-0.1, -0.05) is 51.0 Å². The molecule has 0 saturated carbocycles. The monoisotopic (exact) mass is 266 g/mol. The molecule has 0 aliphatic carbocycles. The van der Waals surface area contributed by atoms with E-state index in [1.165, 1.54) is 12.1 Å². The molecule has 1 N–H and O–H groups in total.